The van der Waals surface area contributed by atoms with E-state index < -0.39 is 0 Å². The molecule has 0 aliphatic rings. The van der Waals surface area contributed by atoms with Gasteiger partial charge in [0.1, 0.15) is 0 Å². The molecule has 2 rings (SSSR count). The van der Waals surface area contributed by atoms with E-state index in [4.69, 9.17) is 23.2 Å². The van der Waals surface area contributed by atoms with E-state index in [-0.39, 0.29) is 18.4 Å². The summed E-state index contributed by atoms with van der Waals surface area (Å²) in [6, 6.07) is 15.2. The average molecular weight is 393 g/mol. The molecule has 0 unspecified atom stereocenters. The Labute approximate surface area is 164 Å². The van der Waals surface area contributed by atoms with Crippen LogP contribution in [-0.2, 0) is 22.4 Å². The Morgan fingerprint density at radius 2 is 1.77 bits per heavy atom. The predicted octanol–water partition coefficient (Wildman–Crippen LogP) is 3.74. The molecule has 0 bridgehead atoms. The quantitative estimate of drug-likeness (QED) is 0.743. The number of amides is 2. The van der Waals surface area contributed by atoms with E-state index >= 15 is 0 Å². The minimum atomic E-state index is -0.168. The zero-order chi connectivity index (χ0) is 18.9. The molecule has 1 N–H and O–H groups in total. The summed E-state index contributed by atoms with van der Waals surface area (Å²) >= 11 is 12.0. The lowest BCUT2D eigenvalue weighted by molar-refractivity contribution is -0.134. The van der Waals surface area contributed by atoms with E-state index in [1.807, 2.05) is 36.4 Å². The third-order valence-electron chi connectivity index (χ3n) is 4.02. The average Bonchev–Trinajstić information content (AvgIpc) is 2.60. The molecule has 0 aliphatic carbocycles. The van der Waals surface area contributed by atoms with Crippen molar-refractivity contribution < 1.29 is 9.59 Å². The summed E-state index contributed by atoms with van der Waals surface area (Å²) in [5.41, 5.74) is 2.06. The highest BCUT2D eigenvalue weighted by molar-refractivity contribution is 6.35. The number of halogens is 2. The summed E-state index contributed by atoms with van der Waals surface area (Å²) in [6.45, 7) is 2.45. The van der Waals surface area contributed by atoms with Crippen LogP contribution < -0.4 is 5.32 Å². The smallest absolute Gasteiger partial charge is 0.239 e. The topological polar surface area (TPSA) is 49.4 Å². The minimum Gasteiger partial charge on any atom is -0.354 e. The highest BCUT2D eigenvalue weighted by atomic mass is 35.5. The van der Waals surface area contributed by atoms with Crippen molar-refractivity contribution in [1.29, 1.82) is 0 Å². The third-order valence-corrected chi connectivity index (χ3v) is 4.61. The summed E-state index contributed by atoms with van der Waals surface area (Å²) in [5, 5.41) is 3.99. The molecule has 0 spiro atoms. The van der Waals surface area contributed by atoms with Crippen molar-refractivity contribution in [3.05, 3.63) is 69.7 Å². The molecular weight excluding hydrogens is 371 g/mol. The maximum atomic E-state index is 12.1. The van der Waals surface area contributed by atoms with Gasteiger partial charge < -0.3 is 10.2 Å². The number of hydrogen-bond donors (Lipinski definition) is 1. The SMILES string of the molecule is CC(=O)N(CCc1ccc(Cl)cc1Cl)CC(=O)NCCc1ccccc1. The van der Waals surface area contributed by atoms with Crippen LogP contribution in [0.5, 0.6) is 0 Å². The normalized spacial score (nSPS) is 10.4. The molecule has 26 heavy (non-hydrogen) atoms. The Morgan fingerprint density at radius 1 is 1.04 bits per heavy atom. The highest BCUT2D eigenvalue weighted by Crippen LogP contribution is 2.21. The van der Waals surface area contributed by atoms with E-state index in [2.05, 4.69) is 5.32 Å². The second-order valence-electron chi connectivity index (χ2n) is 6.01. The van der Waals surface area contributed by atoms with Crippen molar-refractivity contribution >= 4 is 35.0 Å². The third kappa shape index (κ3) is 6.70. The van der Waals surface area contributed by atoms with Crippen LogP contribution in [0.15, 0.2) is 48.5 Å². The van der Waals surface area contributed by atoms with Crippen LogP contribution >= 0.6 is 23.2 Å². The van der Waals surface area contributed by atoms with Crippen molar-refractivity contribution in [2.45, 2.75) is 19.8 Å². The standard InChI is InChI=1S/C20H22Cl2N2O2/c1-15(25)24(12-10-17-7-8-18(21)13-19(17)22)14-20(26)23-11-9-16-5-3-2-4-6-16/h2-8,13H,9-12,14H2,1H3,(H,23,26). The van der Waals surface area contributed by atoms with E-state index in [9.17, 15) is 9.59 Å². The first-order valence-corrected chi connectivity index (χ1v) is 9.21. The number of nitrogens with one attached hydrogen (secondary N) is 1. The lowest BCUT2D eigenvalue weighted by Crippen LogP contribution is -2.41. The van der Waals surface area contributed by atoms with E-state index in [0.29, 0.717) is 29.6 Å². The van der Waals surface area contributed by atoms with Crippen molar-refractivity contribution in [1.82, 2.24) is 10.2 Å². The monoisotopic (exact) mass is 392 g/mol. The van der Waals surface area contributed by atoms with Gasteiger partial charge in [0, 0.05) is 30.1 Å². The molecule has 138 valence electrons. The number of rotatable bonds is 8. The van der Waals surface area contributed by atoms with Gasteiger partial charge >= 0.3 is 0 Å². The molecule has 2 amide bonds. The molecule has 0 aromatic heterocycles. The Hall–Kier alpha value is -2.04. The lowest BCUT2D eigenvalue weighted by Gasteiger charge is -2.21. The molecule has 2 aromatic rings. The van der Waals surface area contributed by atoms with E-state index in [0.717, 1.165) is 17.5 Å². The lowest BCUT2D eigenvalue weighted by atomic mass is 10.1. The van der Waals surface area contributed by atoms with E-state index in [1.165, 1.54) is 11.8 Å². The molecule has 0 radical (unpaired) electrons. The number of carbonyl (C=O) groups excluding carboxylic acids is 2. The van der Waals surface area contributed by atoms with Gasteiger partial charge in [0.25, 0.3) is 0 Å². The van der Waals surface area contributed by atoms with Crippen LogP contribution in [0.1, 0.15) is 18.1 Å². The largest absolute Gasteiger partial charge is 0.354 e. The molecular formula is C20H22Cl2N2O2. The predicted molar refractivity (Wildman–Crippen MR) is 106 cm³/mol. The second kappa shape index (κ2) is 10.2. The maximum Gasteiger partial charge on any atom is 0.239 e. The summed E-state index contributed by atoms with van der Waals surface area (Å²) in [5.74, 6) is -0.313. The van der Waals surface area contributed by atoms with Gasteiger partial charge in [-0.1, -0.05) is 59.6 Å². The summed E-state index contributed by atoms with van der Waals surface area (Å²) in [7, 11) is 0. The van der Waals surface area contributed by atoms with Crippen molar-refractivity contribution in [2.75, 3.05) is 19.6 Å². The van der Waals surface area contributed by atoms with Gasteiger partial charge in [-0.2, -0.15) is 0 Å². The van der Waals surface area contributed by atoms with Gasteiger partial charge in [0.05, 0.1) is 6.54 Å². The molecule has 0 atom stereocenters. The van der Waals surface area contributed by atoms with Gasteiger partial charge in [-0.05, 0) is 36.1 Å². The van der Waals surface area contributed by atoms with Gasteiger partial charge in [-0.25, -0.2) is 0 Å². The number of hydrogen-bond acceptors (Lipinski definition) is 2. The molecule has 0 aliphatic heterocycles. The Balaban J connectivity index is 1.81. The first kappa shape index (κ1) is 20.3. The zero-order valence-electron chi connectivity index (χ0n) is 14.7. The Bertz CT molecular complexity index is 751. The Morgan fingerprint density at radius 3 is 2.42 bits per heavy atom. The van der Waals surface area contributed by atoms with Crippen LogP contribution in [0.2, 0.25) is 10.0 Å². The van der Waals surface area contributed by atoms with Crippen molar-refractivity contribution in [3.63, 3.8) is 0 Å². The number of benzene rings is 2. The first-order chi connectivity index (χ1) is 12.5. The molecule has 0 heterocycles. The molecule has 0 fully saturated rings. The number of nitrogens with zero attached hydrogens (tertiary/aromatic N) is 1. The summed E-state index contributed by atoms with van der Waals surface area (Å²) in [6.07, 6.45) is 1.32. The van der Waals surface area contributed by atoms with Gasteiger partial charge in [0.15, 0.2) is 0 Å². The summed E-state index contributed by atoms with van der Waals surface area (Å²) < 4.78 is 0. The van der Waals surface area contributed by atoms with Gasteiger partial charge in [-0.3, -0.25) is 9.59 Å². The fourth-order valence-corrected chi connectivity index (χ4v) is 3.05. The van der Waals surface area contributed by atoms with Crippen LogP contribution in [-0.4, -0.2) is 36.3 Å². The van der Waals surface area contributed by atoms with Crippen LogP contribution in [0.25, 0.3) is 0 Å². The fourth-order valence-electron chi connectivity index (χ4n) is 2.55. The highest BCUT2D eigenvalue weighted by Gasteiger charge is 2.14. The maximum absolute atomic E-state index is 12.1. The van der Waals surface area contributed by atoms with Gasteiger partial charge in [0.2, 0.25) is 11.8 Å². The Kier molecular flexibility index (Phi) is 7.95. The van der Waals surface area contributed by atoms with Crippen LogP contribution in [0, 0.1) is 0 Å². The van der Waals surface area contributed by atoms with Crippen molar-refractivity contribution in [2.24, 2.45) is 0 Å². The minimum absolute atomic E-state index is 0.0370. The summed E-state index contributed by atoms with van der Waals surface area (Å²) in [4.78, 5) is 25.5. The van der Waals surface area contributed by atoms with Crippen LogP contribution in [0.3, 0.4) is 0 Å². The molecule has 0 saturated heterocycles. The second-order valence-corrected chi connectivity index (χ2v) is 6.86. The van der Waals surface area contributed by atoms with Crippen molar-refractivity contribution in [3.8, 4) is 0 Å². The molecule has 2 aromatic carbocycles. The molecule has 0 saturated carbocycles. The number of carbonyl (C=O) groups is 2. The molecule has 4 nitrogen and oxygen atoms in total. The van der Waals surface area contributed by atoms with Gasteiger partial charge in [-0.15, -0.1) is 0 Å². The fraction of sp³-hybridized carbons (Fsp3) is 0.300. The van der Waals surface area contributed by atoms with E-state index in [1.54, 1.807) is 12.1 Å². The van der Waals surface area contributed by atoms with Crippen LogP contribution in [0.4, 0.5) is 0 Å². The zero-order valence-corrected chi connectivity index (χ0v) is 16.2. The molecule has 6 heteroatoms. The first-order valence-electron chi connectivity index (χ1n) is 8.46.